The minimum absolute atomic E-state index is 0.101. The molecule has 0 N–H and O–H groups in total. The summed E-state index contributed by atoms with van der Waals surface area (Å²) in [5.41, 5.74) is 2.93. The van der Waals surface area contributed by atoms with Crippen LogP contribution in [-0.4, -0.2) is 34.6 Å². The molecule has 1 fully saturated rings. The highest BCUT2D eigenvalue weighted by Crippen LogP contribution is 2.40. The number of carbonyl (C=O) groups is 1. The normalized spacial score (nSPS) is 16.1. The number of hydrogen-bond acceptors (Lipinski definition) is 3. The summed E-state index contributed by atoms with van der Waals surface area (Å²) in [7, 11) is 0. The van der Waals surface area contributed by atoms with E-state index < -0.39 is 0 Å². The molecule has 0 unspecified atom stereocenters. The van der Waals surface area contributed by atoms with Crippen LogP contribution < -0.4 is 9.80 Å². The Hall–Kier alpha value is -2.50. The summed E-state index contributed by atoms with van der Waals surface area (Å²) in [4.78, 5) is 22.1. The van der Waals surface area contributed by atoms with Crippen LogP contribution in [0.15, 0.2) is 54.9 Å². The summed E-state index contributed by atoms with van der Waals surface area (Å²) in [6, 6.07) is 14.1. The second kappa shape index (κ2) is 7.39. The third-order valence-electron chi connectivity index (χ3n) is 5.53. The van der Waals surface area contributed by atoms with Crippen molar-refractivity contribution in [3.05, 3.63) is 76.3 Å². The van der Waals surface area contributed by atoms with Gasteiger partial charge in [-0.2, -0.15) is 0 Å². The second-order valence-electron chi connectivity index (χ2n) is 7.48. The lowest BCUT2D eigenvalue weighted by Gasteiger charge is -2.37. The molecule has 0 atom stereocenters. The van der Waals surface area contributed by atoms with Gasteiger partial charge in [-0.05, 0) is 48.7 Å². The molecule has 29 heavy (non-hydrogen) atoms. The lowest BCUT2D eigenvalue weighted by molar-refractivity contribution is 0.0973. The van der Waals surface area contributed by atoms with Crippen LogP contribution in [0.2, 0.25) is 10.0 Å². The van der Waals surface area contributed by atoms with Gasteiger partial charge in [0.1, 0.15) is 0 Å². The van der Waals surface area contributed by atoms with E-state index in [1.807, 2.05) is 33.7 Å². The number of para-hydroxylation sites is 2. The molecule has 0 saturated heterocycles. The van der Waals surface area contributed by atoms with E-state index >= 15 is 0 Å². The summed E-state index contributed by atoms with van der Waals surface area (Å²) in [5.74, 6) is 0.298. The summed E-state index contributed by atoms with van der Waals surface area (Å²) in [6.07, 6.45) is 5.91. The highest BCUT2D eigenvalue weighted by atomic mass is 35.5. The molecule has 1 aliphatic carbocycles. The molecule has 148 valence electrons. The number of rotatable bonds is 4. The van der Waals surface area contributed by atoms with E-state index in [4.69, 9.17) is 23.2 Å². The standard InChI is InChI=1S/C22H20Cl2N4O/c23-16-5-8-18(24)15(13-16)14-26-10-9-25-21(26)22(29)28-12-11-27(17-6-7-17)19-3-1-2-4-20(19)28/h1-5,8-10,13,17H,6-7,11-12,14H2. The van der Waals surface area contributed by atoms with Crippen LogP contribution in [0.4, 0.5) is 11.4 Å². The third-order valence-corrected chi connectivity index (χ3v) is 6.14. The van der Waals surface area contributed by atoms with E-state index in [0.717, 1.165) is 23.5 Å². The number of amides is 1. The minimum atomic E-state index is -0.101. The first-order valence-corrected chi connectivity index (χ1v) is 10.5. The van der Waals surface area contributed by atoms with Crippen molar-refractivity contribution in [1.82, 2.24) is 9.55 Å². The molecule has 5 rings (SSSR count). The van der Waals surface area contributed by atoms with E-state index in [-0.39, 0.29) is 5.91 Å². The predicted molar refractivity (Wildman–Crippen MR) is 116 cm³/mol. The Bertz CT molecular complexity index is 1080. The highest BCUT2D eigenvalue weighted by Gasteiger charge is 2.36. The Morgan fingerprint density at radius 3 is 2.66 bits per heavy atom. The number of aromatic nitrogens is 2. The monoisotopic (exact) mass is 426 g/mol. The first-order valence-electron chi connectivity index (χ1n) is 9.74. The predicted octanol–water partition coefficient (Wildman–Crippen LogP) is 4.87. The topological polar surface area (TPSA) is 41.4 Å². The zero-order valence-electron chi connectivity index (χ0n) is 15.8. The van der Waals surface area contributed by atoms with Gasteiger partial charge in [0, 0.05) is 41.6 Å². The maximum Gasteiger partial charge on any atom is 0.294 e. The number of anilines is 2. The van der Waals surface area contributed by atoms with Crippen molar-refractivity contribution < 1.29 is 4.79 Å². The molecule has 0 radical (unpaired) electrons. The Morgan fingerprint density at radius 2 is 1.86 bits per heavy atom. The Balaban J connectivity index is 1.45. The first kappa shape index (κ1) is 18.5. The molecule has 0 bridgehead atoms. The number of benzene rings is 2. The molecule has 0 spiro atoms. The SMILES string of the molecule is O=C(c1nccn1Cc1cc(Cl)ccc1Cl)N1CCN(C2CC2)c2ccccc21. The van der Waals surface area contributed by atoms with Crippen molar-refractivity contribution in [2.75, 3.05) is 22.9 Å². The maximum atomic E-state index is 13.4. The molecule has 1 aliphatic heterocycles. The molecule has 2 aliphatic rings. The molecule has 2 aromatic carbocycles. The van der Waals surface area contributed by atoms with E-state index in [9.17, 15) is 4.79 Å². The van der Waals surface area contributed by atoms with Gasteiger partial charge in [-0.3, -0.25) is 4.79 Å². The van der Waals surface area contributed by atoms with Crippen LogP contribution in [0.25, 0.3) is 0 Å². The Labute approximate surface area is 179 Å². The van der Waals surface area contributed by atoms with Crippen molar-refractivity contribution in [2.24, 2.45) is 0 Å². The lowest BCUT2D eigenvalue weighted by atomic mass is 10.1. The fraction of sp³-hybridized carbons (Fsp3) is 0.273. The van der Waals surface area contributed by atoms with Crippen LogP contribution >= 0.6 is 23.2 Å². The summed E-state index contributed by atoms with van der Waals surface area (Å²) in [5, 5.41) is 1.23. The number of halogens is 2. The van der Waals surface area contributed by atoms with Gasteiger partial charge in [-0.25, -0.2) is 4.98 Å². The van der Waals surface area contributed by atoms with Gasteiger partial charge >= 0.3 is 0 Å². The van der Waals surface area contributed by atoms with Gasteiger partial charge in [0.15, 0.2) is 5.82 Å². The molecule has 5 nitrogen and oxygen atoms in total. The van der Waals surface area contributed by atoms with Gasteiger partial charge in [-0.15, -0.1) is 0 Å². The van der Waals surface area contributed by atoms with E-state index in [1.54, 1.807) is 24.5 Å². The van der Waals surface area contributed by atoms with Crippen LogP contribution in [0.3, 0.4) is 0 Å². The zero-order valence-corrected chi connectivity index (χ0v) is 17.3. The van der Waals surface area contributed by atoms with Crippen LogP contribution in [0.1, 0.15) is 29.0 Å². The van der Waals surface area contributed by atoms with Crippen molar-refractivity contribution >= 4 is 40.5 Å². The second-order valence-corrected chi connectivity index (χ2v) is 8.33. The Morgan fingerprint density at radius 1 is 1.07 bits per heavy atom. The fourth-order valence-corrected chi connectivity index (χ4v) is 4.34. The van der Waals surface area contributed by atoms with Gasteiger partial charge < -0.3 is 14.4 Å². The summed E-state index contributed by atoms with van der Waals surface area (Å²) < 4.78 is 1.83. The van der Waals surface area contributed by atoms with E-state index in [0.29, 0.717) is 35.0 Å². The van der Waals surface area contributed by atoms with Crippen LogP contribution in [-0.2, 0) is 6.54 Å². The highest BCUT2D eigenvalue weighted by molar-refractivity contribution is 6.33. The van der Waals surface area contributed by atoms with Gasteiger partial charge in [0.25, 0.3) is 5.91 Å². The molecule has 3 aromatic rings. The van der Waals surface area contributed by atoms with Crippen LogP contribution in [0.5, 0.6) is 0 Å². The zero-order chi connectivity index (χ0) is 20.0. The summed E-state index contributed by atoms with van der Waals surface area (Å²) in [6.45, 7) is 1.93. The molecule has 1 saturated carbocycles. The number of nitrogens with zero attached hydrogens (tertiary/aromatic N) is 4. The van der Waals surface area contributed by atoms with Gasteiger partial charge in [-0.1, -0.05) is 35.3 Å². The molecular formula is C22H20Cl2N4O. The molecule has 7 heteroatoms. The largest absolute Gasteiger partial charge is 0.365 e. The van der Waals surface area contributed by atoms with Gasteiger partial charge in [0.05, 0.1) is 17.9 Å². The minimum Gasteiger partial charge on any atom is -0.365 e. The number of hydrogen-bond donors (Lipinski definition) is 0. The lowest BCUT2D eigenvalue weighted by Crippen LogP contribution is -2.45. The quantitative estimate of drug-likeness (QED) is 0.597. The number of imidazole rings is 1. The molecule has 2 heterocycles. The average molecular weight is 427 g/mol. The first-order chi connectivity index (χ1) is 14.1. The fourth-order valence-electron chi connectivity index (χ4n) is 3.96. The van der Waals surface area contributed by atoms with Crippen molar-refractivity contribution in [1.29, 1.82) is 0 Å². The number of carbonyl (C=O) groups excluding carboxylic acids is 1. The maximum absolute atomic E-state index is 13.4. The smallest absolute Gasteiger partial charge is 0.294 e. The number of fused-ring (bicyclic) bond motifs is 1. The molecule has 1 aromatic heterocycles. The average Bonchev–Trinajstić information content (AvgIpc) is 3.48. The molecular weight excluding hydrogens is 407 g/mol. The van der Waals surface area contributed by atoms with Crippen molar-refractivity contribution in [3.63, 3.8) is 0 Å². The van der Waals surface area contributed by atoms with E-state index in [2.05, 4.69) is 16.0 Å². The molecule has 1 amide bonds. The van der Waals surface area contributed by atoms with Crippen molar-refractivity contribution in [3.8, 4) is 0 Å². The Kier molecular flexibility index (Phi) is 4.72. The van der Waals surface area contributed by atoms with Crippen molar-refractivity contribution in [2.45, 2.75) is 25.4 Å². The third kappa shape index (κ3) is 3.49. The van der Waals surface area contributed by atoms with Gasteiger partial charge in [0.2, 0.25) is 0 Å². The van der Waals surface area contributed by atoms with Crippen LogP contribution in [0, 0.1) is 0 Å². The van der Waals surface area contributed by atoms with E-state index in [1.165, 1.54) is 12.8 Å². The summed E-state index contributed by atoms with van der Waals surface area (Å²) >= 11 is 12.4.